The SMILES string of the molecule is COCC(C)CC(=O)N[C@@H](CCO)C(=O)O. The van der Waals surface area contributed by atoms with Crippen LogP contribution in [-0.2, 0) is 14.3 Å². The van der Waals surface area contributed by atoms with Crippen LogP contribution in [0.3, 0.4) is 0 Å². The van der Waals surface area contributed by atoms with Crippen molar-refractivity contribution in [1.82, 2.24) is 5.32 Å². The van der Waals surface area contributed by atoms with E-state index in [4.69, 9.17) is 14.9 Å². The van der Waals surface area contributed by atoms with Gasteiger partial charge >= 0.3 is 5.97 Å². The average Bonchev–Trinajstić information content (AvgIpc) is 2.16. The molecule has 6 heteroatoms. The highest BCUT2D eigenvalue weighted by Gasteiger charge is 2.20. The van der Waals surface area contributed by atoms with Gasteiger partial charge in [-0.15, -0.1) is 0 Å². The van der Waals surface area contributed by atoms with Gasteiger partial charge in [-0.2, -0.15) is 0 Å². The Morgan fingerprint density at radius 1 is 1.44 bits per heavy atom. The number of carbonyl (C=O) groups excluding carboxylic acids is 1. The van der Waals surface area contributed by atoms with Gasteiger partial charge in [0.2, 0.25) is 5.91 Å². The molecule has 0 bridgehead atoms. The number of methoxy groups -OCH3 is 1. The third-order valence-corrected chi connectivity index (χ3v) is 2.04. The quantitative estimate of drug-likeness (QED) is 0.530. The Balaban J connectivity index is 4.04. The Bertz CT molecular complexity index is 231. The van der Waals surface area contributed by atoms with Crippen molar-refractivity contribution in [3.05, 3.63) is 0 Å². The van der Waals surface area contributed by atoms with E-state index in [0.29, 0.717) is 6.61 Å². The van der Waals surface area contributed by atoms with Crippen LogP contribution in [0.15, 0.2) is 0 Å². The average molecular weight is 233 g/mol. The van der Waals surface area contributed by atoms with Crippen LogP contribution in [-0.4, -0.2) is 48.5 Å². The van der Waals surface area contributed by atoms with Crippen molar-refractivity contribution in [3.63, 3.8) is 0 Å². The lowest BCUT2D eigenvalue weighted by Gasteiger charge is -2.15. The van der Waals surface area contributed by atoms with Gasteiger partial charge in [0.25, 0.3) is 0 Å². The monoisotopic (exact) mass is 233 g/mol. The highest BCUT2D eigenvalue weighted by Crippen LogP contribution is 2.02. The Morgan fingerprint density at radius 2 is 2.06 bits per heavy atom. The summed E-state index contributed by atoms with van der Waals surface area (Å²) in [6, 6.07) is -1.02. The summed E-state index contributed by atoms with van der Waals surface area (Å²) in [5.74, 6) is -1.44. The van der Waals surface area contributed by atoms with E-state index in [-0.39, 0.29) is 31.3 Å². The topological polar surface area (TPSA) is 95.9 Å². The second-order valence-electron chi connectivity index (χ2n) is 3.74. The summed E-state index contributed by atoms with van der Waals surface area (Å²) in [5.41, 5.74) is 0. The van der Waals surface area contributed by atoms with E-state index in [1.165, 1.54) is 0 Å². The first-order valence-corrected chi connectivity index (χ1v) is 5.13. The molecule has 0 heterocycles. The molecule has 0 aliphatic rings. The molecule has 0 radical (unpaired) electrons. The molecule has 0 aromatic carbocycles. The number of hydrogen-bond donors (Lipinski definition) is 3. The molecular formula is C10H19NO5. The Kier molecular flexibility index (Phi) is 7.49. The Hall–Kier alpha value is -1.14. The molecule has 0 aliphatic carbocycles. The van der Waals surface area contributed by atoms with Crippen molar-refractivity contribution in [2.75, 3.05) is 20.3 Å². The van der Waals surface area contributed by atoms with Crippen LogP contribution in [0.4, 0.5) is 0 Å². The fourth-order valence-corrected chi connectivity index (χ4v) is 1.30. The Morgan fingerprint density at radius 3 is 2.50 bits per heavy atom. The van der Waals surface area contributed by atoms with Gasteiger partial charge in [0.1, 0.15) is 6.04 Å². The second kappa shape index (κ2) is 8.06. The number of ether oxygens (including phenoxy) is 1. The maximum absolute atomic E-state index is 11.4. The summed E-state index contributed by atoms with van der Waals surface area (Å²) >= 11 is 0. The van der Waals surface area contributed by atoms with Crippen LogP contribution in [0.25, 0.3) is 0 Å². The normalized spacial score (nSPS) is 14.2. The molecule has 0 aromatic heterocycles. The summed E-state index contributed by atoms with van der Waals surface area (Å²) in [6.45, 7) is 2.01. The van der Waals surface area contributed by atoms with Gasteiger partial charge in [-0.1, -0.05) is 6.92 Å². The molecule has 0 aromatic rings. The molecule has 0 saturated heterocycles. The van der Waals surface area contributed by atoms with Crippen LogP contribution in [0.1, 0.15) is 19.8 Å². The lowest BCUT2D eigenvalue weighted by atomic mass is 10.1. The molecule has 0 aliphatic heterocycles. The van der Waals surface area contributed by atoms with Gasteiger partial charge < -0.3 is 20.3 Å². The van der Waals surface area contributed by atoms with E-state index >= 15 is 0 Å². The fraction of sp³-hybridized carbons (Fsp3) is 0.800. The molecule has 16 heavy (non-hydrogen) atoms. The zero-order valence-corrected chi connectivity index (χ0v) is 9.60. The molecule has 2 atom stereocenters. The van der Waals surface area contributed by atoms with Crippen molar-refractivity contribution in [3.8, 4) is 0 Å². The van der Waals surface area contributed by atoms with Gasteiger partial charge in [-0.05, 0) is 5.92 Å². The number of carboxylic acid groups (broad SMARTS) is 1. The smallest absolute Gasteiger partial charge is 0.326 e. The maximum atomic E-state index is 11.4. The lowest BCUT2D eigenvalue weighted by molar-refractivity contribution is -0.142. The predicted molar refractivity (Wildman–Crippen MR) is 56.9 cm³/mol. The molecule has 0 rings (SSSR count). The highest BCUT2D eigenvalue weighted by molar-refractivity contribution is 5.83. The number of carboxylic acids is 1. The number of carbonyl (C=O) groups is 2. The van der Waals surface area contributed by atoms with Gasteiger partial charge in [0, 0.05) is 33.2 Å². The third-order valence-electron chi connectivity index (χ3n) is 2.04. The van der Waals surface area contributed by atoms with Gasteiger partial charge in [-0.3, -0.25) is 4.79 Å². The number of rotatable bonds is 8. The molecule has 94 valence electrons. The van der Waals surface area contributed by atoms with Crippen molar-refractivity contribution < 1.29 is 24.5 Å². The number of hydrogen-bond acceptors (Lipinski definition) is 4. The zero-order chi connectivity index (χ0) is 12.6. The van der Waals surface area contributed by atoms with Crippen LogP contribution in [0.2, 0.25) is 0 Å². The van der Waals surface area contributed by atoms with Crippen molar-refractivity contribution >= 4 is 11.9 Å². The van der Waals surface area contributed by atoms with Crippen molar-refractivity contribution in [2.24, 2.45) is 5.92 Å². The maximum Gasteiger partial charge on any atom is 0.326 e. The molecule has 1 unspecified atom stereocenters. The minimum absolute atomic E-state index is 0.0136. The third kappa shape index (κ3) is 6.36. The highest BCUT2D eigenvalue weighted by atomic mass is 16.5. The minimum atomic E-state index is -1.14. The molecule has 0 fully saturated rings. The van der Waals surface area contributed by atoms with Crippen LogP contribution < -0.4 is 5.32 Å². The second-order valence-corrected chi connectivity index (χ2v) is 3.74. The van der Waals surface area contributed by atoms with Crippen LogP contribution in [0.5, 0.6) is 0 Å². The standard InChI is InChI=1S/C10H19NO5/c1-7(6-16-2)5-9(13)11-8(3-4-12)10(14)15/h7-8,12H,3-6H2,1-2H3,(H,11,13)(H,14,15)/t7?,8-/m0/s1. The van der Waals surface area contributed by atoms with E-state index in [1.807, 2.05) is 6.92 Å². The van der Waals surface area contributed by atoms with E-state index in [1.54, 1.807) is 7.11 Å². The van der Waals surface area contributed by atoms with Crippen LogP contribution in [0, 0.1) is 5.92 Å². The number of aliphatic carboxylic acids is 1. The van der Waals surface area contributed by atoms with Crippen molar-refractivity contribution in [2.45, 2.75) is 25.8 Å². The number of amides is 1. The summed E-state index contributed by atoms with van der Waals surface area (Å²) < 4.78 is 4.87. The first kappa shape index (κ1) is 14.9. The summed E-state index contributed by atoms with van der Waals surface area (Å²) in [6.07, 6.45) is 0.225. The van der Waals surface area contributed by atoms with Gasteiger partial charge in [0.15, 0.2) is 0 Å². The fourth-order valence-electron chi connectivity index (χ4n) is 1.30. The number of aliphatic hydroxyl groups excluding tert-OH is 1. The van der Waals surface area contributed by atoms with E-state index in [0.717, 1.165) is 0 Å². The molecular weight excluding hydrogens is 214 g/mol. The molecule has 3 N–H and O–H groups in total. The Labute approximate surface area is 94.6 Å². The lowest BCUT2D eigenvalue weighted by Crippen LogP contribution is -2.42. The van der Waals surface area contributed by atoms with E-state index in [9.17, 15) is 9.59 Å². The van der Waals surface area contributed by atoms with Crippen molar-refractivity contribution in [1.29, 1.82) is 0 Å². The summed E-state index contributed by atoms with van der Waals surface area (Å²) in [7, 11) is 1.54. The van der Waals surface area contributed by atoms with E-state index < -0.39 is 12.0 Å². The molecule has 1 amide bonds. The largest absolute Gasteiger partial charge is 0.480 e. The first-order valence-electron chi connectivity index (χ1n) is 5.13. The number of aliphatic hydroxyl groups is 1. The molecule has 0 spiro atoms. The first-order chi connectivity index (χ1) is 7.51. The predicted octanol–water partition coefficient (Wildman–Crippen LogP) is -0.389. The zero-order valence-electron chi connectivity index (χ0n) is 9.60. The van der Waals surface area contributed by atoms with E-state index in [2.05, 4.69) is 5.32 Å². The van der Waals surface area contributed by atoms with Crippen LogP contribution >= 0.6 is 0 Å². The minimum Gasteiger partial charge on any atom is -0.480 e. The van der Waals surface area contributed by atoms with Gasteiger partial charge in [0.05, 0.1) is 0 Å². The van der Waals surface area contributed by atoms with Gasteiger partial charge in [-0.25, -0.2) is 4.79 Å². The molecule has 0 saturated carbocycles. The summed E-state index contributed by atoms with van der Waals surface area (Å²) in [5, 5.41) is 19.7. The molecule has 6 nitrogen and oxygen atoms in total. The summed E-state index contributed by atoms with van der Waals surface area (Å²) in [4.78, 5) is 22.1. The number of nitrogens with one attached hydrogen (secondary N) is 1.